The predicted molar refractivity (Wildman–Crippen MR) is 140 cm³/mol. The fourth-order valence-electron chi connectivity index (χ4n) is 1.56. The number of hydrogen-bond acceptors (Lipinski definition) is 6. The van der Waals surface area contributed by atoms with Crippen molar-refractivity contribution in [2.24, 2.45) is 0 Å². The number of benzene rings is 2. The van der Waals surface area contributed by atoms with Gasteiger partial charge in [-0.15, -0.1) is 0 Å². The van der Waals surface area contributed by atoms with Gasteiger partial charge in [0.05, 0.1) is 0 Å². The number of nitrogens with zero attached hydrogens (tertiary/aromatic N) is 2. The molecular formula is C20H26Cl2N2S4Sn-4. The molecular weight excluding hydrogens is 586 g/mol. The van der Waals surface area contributed by atoms with Gasteiger partial charge >= 0.3 is 123 Å². The summed E-state index contributed by atoms with van der Waals surface area (Å²) in [5.41, 5.74) is 2.82. The average Bonchev–Trinajstić information content (AvgIpc) is 2.66. The summed E-state index contributed by atoms with van der Waals surface area (Å²) in [7, 11) is 7.46. The second kappa shape index (κ2) is 17.7. The van der Waals surface area contributed by atoms with Gasteiger partial charge in [-0.1, -0.05) is 0 Å². The number of hydrogen-bond donors (Lipinski definition) is 0. The fraction of sp³-hybridized carbons (Fsp3) is 0.400. The van der Waals surface area contributed by atoms with E-state index in [0.717, 1.165) is 10.0 Å². The average molecular weight is 612 g/mol. The van der Waals surface area contributed by atoms with Crippen LogP contribution in [0.3, 0.4) is 0 Å². The Labute approximate surface area is 219 Å². The molecule has 2 radical (unpaired) electrons. The molecule has 162 valence electrons. The second-order valence-electron chi connectivity index (χ2n) is 6.40. The summed E-state index contributed by atoms with van der Waals surface area (Å²) in [6, 6.07) is 16.4. The van der Waals surface area contributed by atoms with Crippen LogP contribution in [0.1, 0.15) is 11.1 Å². The minimum absolute atomic E-state index is 0.148. The van der Waals surface area contributed by atoms with E-state index in [9.17, 15) is 0 Å². The van der Waals surface area contributed by atoms with E-state index in [0.29, 0.717) is 0 Å². The van der Waals surface area contributed by atoms with E-state index in [2.05, 4.69) is 74.8 Å². The zero-order valence-electron chi connectivity index (χ0n) is 17.0. The van der Waals surface area contributed by atoms with Crippen molar-refractivity contribution in [3.05, 3.63) is 69.7 Å². The van der Waals surface area contributed by atoms with Crippen LogP contribution >= 0.6 is 23.2 Å². The molecule has 2 aromatic carbocycles. The standard InChI is InChI=1S/2C7H6Cl.2C3H9NS2.Sn/c2*1-6-2-4-7(8)5-3-6;2*1-4(2)3(5)6;/h2*2-5H,1H2;2*3,5-6H,1-2H3;/p-4. The number of halogens is 2. The molecule has 0 N–H and O–H groups in total. The van der Waals surface area contributed by atoms with Gasteiger partial charge in [0, 0.05) is 0 Å². The Kier molecular flexibility index (Phi) is 18.4. The van der Waals surface area contributed by atoms with Crippen LogP contribution < -0.4 is 0 Å². The van der Waals surface area contributed by atoms with Crippen LogP contribution in [0, 0.1) is 0 Å². The van der Waals surface area contributed by atoms with E-state index in [-0.39, 0.29) is 30.6 Å². The molecule has 2 rings (SSSR count). The predicted octanol–water partition coefficient (Wildman–Crippen LogP) is 4.25. The first kappa shape index (κ1) is 30.1. The molecule has 0 aromatic heterocycles. The van der Waals surface area contributed by atoms with E-state index in [1.54, 1.807) is 9.80 Å². The zero-order valence-corrected chi connectivity index (χ0v) is 24.6. The van der Waals surface area contributed by atoms with E-state index in [1.165, 1.54) is 20.0 Å². The molecule has 0 spiro atoms. The van der Waals surface area contributed by atoms with E-state index < -0.39 is 0 Å². The van der Waals surface area contributed by atoms with Crippen molar-refractivity contribution >= 4 is 94.9 Å². The molecule has 0 saturated heterocycles. The van der Waals surface area contributed by atoms with Gasteiger partial charge in [-0.05, 0) is 28.2 Å². The maximum absolute atomic E-state index is 5.86. The molecule has 2 nitrogen and oxygen atoms in total. The third-order valence-corrected chi connectivity index (χ3v) is 9.28. The summed E-state index contributed by atoms with van der Waals surface area (Å²) in [5, 5.41) is 1.63. The molecule has 0 amide bonds. The fourth-order valence-corrected chi connectivity index (χ4v) is 5.16. The van der Waals surface area contributed by atoms with Gasteiger partial charge in [-0.3, -0.25) is 0 Å². The summed E-state index contributed by atoms with van der Waals surface area (Å²) in [4.78, 5) is 3.59. The minimum atomic E-state index is -0.373. The topological polar surface area (TPSA) is 6.48 Å². The molecule has 2 aromatic rings. The zero-order chi connectivity index (χ0) is 22.4. The van der Waals surface area contributed by atoms with Gasteiger partial charge in [0.25, 0.3) is 0 Å². The Morgan fingerprint density at radius 1 is 0.655 bits per heavy atom. The Hall–Kier alpha value is 1.14. The van der Waals surface area contributed by atoms with Gasteiger partial charge in [0.2, 0.25) is 0 Å². The molecule has 0 heterocycles. The van der Waals surface area contributed by atoms with Crippen molar-refractivity contribution in [2.75, 3.05) is 28.2 Å². The molecule has 0 aliphatic carbocycles. The van der Waals surface area contributed by atoms with Crippen LogP contribution in [0.5, 0.6) is 0 Å². The van der Waals surface area contributed by atoms with Crippen LogP contribution in [0.25, 0.3) is 0 Å². The van der Waals surface area contributed by atoms with E-state index >= 15 is 0 Å². The number of rotatable bonds is 6. The van der Waals surface area contributed by atoms with E-state index in [4.69, 9.17) is 23.2 Å². The molecule has 9 heteroatoms. The van der Waals surface area contributed by atoms with Gasteiger partial charge < -0.3 is 60.3 Å². The van der Waals surface area contributed by atoms with Gasteiger partial charge in [0.1, 0.15) is 0 Å². The third kappa shape index (κ3) is 17.4. The van der Waals surface area contributed by atoms with Crippen molar-refractivity contribution in [2.45, 2.75) is 18.3 Å². The quantitative estimate of drug-likeness (QED) is 0.354. The van der Waals surface area contributed by atoms with Crippen LogP contribution in [-0.2, 0) is 59.4 Å². The molecule has 0 saturated carbocycles. The van der Waals surface area contributed by atoms with Crippen molar-refractivity contribution in [1.82, 2.24) is 9.80 Å². The normalized spacial score (nSPS) is 10.7. The Balaban J connectivity index is 0.000000542. The van der Waals surface area contributed by atoms with Crippen molar-refractivity contribution in [3.8, 4) is 0 Å². The van der Waals surface area contributed by atoms with Gasteiger partial charge in [-0.25, -0.2) is 9.41 Å². The second-order valence-corrected chi connectivity index (χ2v) is 13.1. The van der Waals surface area contributed by atoms with Gasteiger partial charge in [0.15, 0.2) is 0 Å². The van der Waals surface area contributed by atoms with Crippen molar-refractivity contribution in [3.63, 3.8) is 0 Å². The van der Waals surface area contributed by atoms with Crippen molar-refractivity contribution in [1.29, 1.82) is 0 Å². The van der Waals surface area contributed by atoms with Crippen LogP contribution in [0.4, 0.5) is 0 Å². The first-order valence-corrected chi connectivity index (χ1v) is 15.4. The van der Waals surface area contributed by atoms with Crippen LogP contribution in [0.2, 0.25) is 10.0 Å². The molecule has 0 fully saturated rings. The van der Waals surface area contributed by atoms with E-state index in [1.807, 2.05) is 52.5 Å². The Morgan fingerprint density at radius 2 is 0.897 bits per heavy atom. The SMILES string of the molecule is CN(C)C([S-])[S-].CN(C)C([S-])[S-].Clc1ccc([CH2][Sn][CH2]c2ccc(Cl)cc2)cc1. The van der Waals surface area contributed by atoms with Gasteiger partial charge in [-0.2, -0.15) is 0 Å². The first-order valence-electron chi connectivity index (χ1n) is 8.68. The monoisotopic (exact) mass is 612 g/mol. The Bertz CT molecular complexity index is 585. The first-order chi connectivity index (χ1) is 13.5. The van der Waals surface area contributed by atoms with Crippen molar-refractivity contribution < 1.29 is 0 Å². The molecule has 0 bridgehead atoms. The molecule has 0 aliphatic heterocycles. The summed E-state index contributed by atoms with van der Waals surface area (Å²) < 4.78 is 2.21. The summed E-state index contributed by atoms with van der Waals surface area (Å²) >= 11 is 29.9. The summed E-state index contributed by atoms with van der Waals surface area (Å²) in [5.74, 6) is 0. The van der Waals surface area contributed by atoms with Crippen LogP contribution in [0.15, 0.2) is 48.5 Å². The molecule has 29 heavy (non-hydrogen) atoms. The molecule has 0 aliphatic rings. The third-order valence-electron chi connectivity index (χ3n) is 3.33. The summed E-state index contributed by atoms with van der Waals surface area (Å²) in [6.07, 6.45) is 0. The van der Waals surface area contributed by atoms with Crippen LogP contribution in [-0.4, -0.2) is 68.5 Å². The maximum atomic E-state index is 5.86. The molecule has 0 atom stereocenters. The summed E-state index contributed by atoms with van der Waals surface area (Å²) in [6.45, 7) is 0. The Morgan fingerprint density at radius 3 is 1.10 bits per heavy atom. The molecule has 0 unspecified atom stereocenters.